The molecule has 2 N–H and O–H groups in total. The molecule has 3 atom stereocenters. The van der Waals surface area contributed by atoms with Gasteiger partial charge in [0.2, 0.25) is 0 Å². The standard InChI is InChI=1S/C17H20N2O4/c1-21-15-4-2-3-10-7-12(23-16(10)15)9-18-17(20)19-13-8-11-5-6-14(13)22-11/h2-4,7,11,13-14H,5-6,8-9H2,1H3,(H2,18,19,20). The minimum atomic E-state index is -0.182. The van der Waals surface area contributed by atoms with E-state index in [1.54, 1.807) is 7.11 Å². The molecule has 6 heteroatoms. The number of hydrogen-bond acceptors (Lipinski definition) is 4. The maximum atomic E-state index is 12.0. The minimum Gasteiger partial charge on any atom is -0.493 e. The van der Waals surface area contributed by atoms with Crippen molar-refractivity contribution in [2.24, 2.45) is 0 Å². The number of furan rings is 1. The quantitative estimate of drug-likeness (QED) is 0.909. The summed E-state index contributed by atoms with van der Waals surface area (Å²) >= 11 is 0. The molecule has 2 fully saturated rings. The van der Waals surface area contributed by atoms with E-state index in [0.29, 0.717) is 29.7 Å². The molecular weight excluding hydrogens is 296 g/mol. The summed E-state index contributed by atoms with van der Waals surface area (Å²) in [4.78, 5) is 12.0. The van der Waals surface area contributed by atoms with Gasteiger partial charge in [0, 0.05) is 5.39 Å². The van der Waals surface area contributed by atoms with E-state index in [9.17, 15) is 4.79 Å². The summed E-state index contributed by atoms with van der Waals surface area (Å²) in [5, 5.41) is 6.80. The van der Waals surface area contributed by atoms with Crippen LogP contribution < -0.4 is 15.4 Å². The molecule has 2 aromatic rings. The fourth-order valence-electron chi connectivity index (χ4n) is 3.51. The predicted molar refractivity (Wildman–Crippen MR) is 84.4 cm³/mol. The number of ether oxygens (including phenoxy) is 2. The smallest absolute Gasteiger partial charge is 0.315 e. The van der Waals surface area contributed by atoms with Gasteiger partial charge in [0.15, 0.2) is 11.3 Å². The first-order chi connectivity index (χ1) is 11.2. The zero-order chi connectivity index (χ0) is 15.8. The maximum Gasteiger partial charge on any atom is 0.315 e. The van der Waals surface area contributed by atoms with Crippen molar-refractivity contribution in [3.05, 3.63) is 30.0 Å². The van der Waals surface area contributed by atoms with Crippen LogP contribution in [0.1, 0.15) is 25.0 Å². The molecular formula is C17H20N2O4. The van der Waals surface area contributed by atoms with Crippen molar-refractivity contribution in [2.75, 3.05) is 7.11 Å². The Hall–Kier alpha value is -2.21. The Morgan fingerprint density at radius 1 is 1.39 bits per heavy atom. The number of hydrogen-bond donors (Lipinski definition) is 2. The van der Waals surface area contributed by atoms with Crippen molar-refractivity contribution in [3.63, 3.8) is 0 Å². The van der Waals surface area contributed by atoms with Crippen molar-refractivity contribution in [2.45, 2.75) is 44.1 Å². The Morgan fingerprint density at radius 3 is 3.04 bits per heavy atom. The van der Waals surface area contributed by atoms with Gasteiger partial charge in [0.1, 0.15) is 5.76 Å². The lowest BCUT2D eigenvalue weighted by molar-refractivity contribution is 0.0981. The summed E-state index contributed by atoms with van der Waals surface area (Å²) in [5.41, 5.74) is 0.703. The number of amides is 2. The number of methoxy groups -OCH3 is 1. The molecule has 2 aliphatic rings. The van der Waals surface area contributed by atoms with Crippen LogP contribution in [0.4, 0.5) is 4.79 Å². The average molecular weight is 316 g/mol. The lowest BCUT2D eigenvalue weighted by Gasteiger charge is -2.20. The first-order valence-corrected chi connectivity index (χ1v) is 7.98. The highest BCUT2D eigenvalue weighted by atomic mass is 16.5. The van der Waals surface area contributed by atoms with E-state index in [4.69, 9.17) is 13.9 Å². The largest absolute Gasteiger partial charge is 0.493 e. The summed E-state index contributed by atoms with van der Waals surface area (Å²) in [6, 6.07) is 7.58. The molecule has 122 valence electrons. The number of urea groups is 1. The molecule has 2 amide bonds. The van der Waals surface area contributed by atoms with Crippen LogP contribution in [0, 0.1) is 0 Å². The Morgan fingerprint density at radius 2 is 2.30 bits per heavy atom. The number of benzene rings is 1. The second-order valence-corrected chi connectivity index (χ2v) is 6.13. The Kier molecular flexibility index (Phi) is 3.61. The minimum absolute atomic E-state index is 0.129. The van der Waals surface area contributed by atoms with E-state index in [1.807, 2.05) is 24.3 Å². The van der Waals surface area contributed by atoms with Crippen LogP contribution in [-0.2, 0) is 11.3 Å². The van der Waals surface area contributed by atoms with Gasteiger partial charge in [-0.05, 0) is 31.4 Å². The summed E-state index contributed by atoms with van der Waals surface area (Å²) < 4.78 is 16.8. The third kappa shape index (κ3) is 2.74. The van der Waals surface area contributed by atoms with Gasteiger partial charge in [0.25, 0.3) is 0 Å². The van der Waals surface area contributed by atoms with E-state index in [2.05, 4.69) is 10.6 Å². The molecule has 2 saturated heterocycles. The zero-order valence-corrected chi connectivity index (χ0v) is 13.0. The lowest BCUT2D eigenvalue weighted by Crippen LogP contribution is -2.46. The third-order valence-corrected chi connectivity index (χ3v) is 4.62. The van der Waals surface area contributed by atoms with Crippen LogP contribution in [0.25, 0.3) is 11.0 Å². The molecule has 23 heavy (non-hydrogen) atoms. The zero-order valence-electron chi connectivity index (χ0n) is 13.0. The molecule has 1 aromatic carbocycles. The van der Waals surface area contributed by atoms with Crippen molar-refractivity contribution in [1.82, 2.24) is 10.6 Å². The summed E-state index contributed by atoms with van der Waals surface area (Å²) in [5.74, 6) is 1.39. The third-order valence-electron chi connectivity index (χ3n) is 4.62. The molecule has 6 nitrogen and oxygen atoms in total. The fourth-order valence-corrected chi connectivity index (χ4v) is 3.51. The number of carbonyl (C=O) groups is 1. The predicted octanol–water partition coefficient (Wildman–Crippen LogP) is 2.56. The van der Waals surface area contributed by atoms with Crippen LogP contribution in [-0.4, -0.2) is 31.4 Å². The van der Waals surface area contributed by atoms with Gasteiger partial charge in [-0.15, -0.1) is 0 Å². The molecule has 2 bridgehead atoms. The Labute approximate surface area is 134 Å². The molecule has 0 aliphatic carbocycles. The van der Waals surface area contributed by atoms with Crippen LogP contribution in [0.5, 0.6) is 5.75 Å². The second kappa shape index (κ2) is 5.77. The van der Waals surface area contributed by atoms with E-state index >= 15 is 0 Å². The molecule has 3 heterocycles. The highest BCUT2D eigenvalue weighted by Gasteiger charge is 2.41. The average Bonchev–Trinajstić information content (AvgIpc) is 3.26. The van der Waals surface area contributed by atoms with Gasteiger partial charge in [-0.1, -0.05) is 12.1 Å². The maximum absolute atomic E-state index is 12.0. The van der Waals surface area contributed by atoms with Gasteiger partial charge in [-0.2, -0.15) is 0 Å². The summed E-state index contributed by atoms with van der Waals surface area (Å²) in [6.45, 7) is 0.339. The van der Waals surface area contributed by atoms with Crippen molar-refractivity contribution in [1.29, 1.82) is 0 Å². The summed E-state index contributed by atoms with van der Waals surface area (Å²) in [7, 11) is 1.61. The number of nitrogens with one attached hydrogen (secondary N) is 2. The normalized spacial score (nSPS) is 25.7. The van der Waals surface area contributed by atoms with Crippen molar-refractivity contribution in [3.8, 4) is 5.75 Å². The van der Waals surface area contributed by atoms with Gasteiger partial charge >= 0.3 is 6.03 Å². The van der Waals surface area contributed by atoms with Gasteiger partial charge < -0.3 is 24.5 Å². The van der Waals surface area contributed by atoms with E-state index in [0.717, 1.165) is 24.6 Å². The van der Waals surface area contributed by atoms with Crippen LogP contribution in [0.3, 0.4) is 0 Å². The number of para-hydroxylation sites is 1. The molecule has 4 rings (SSSR count). The van der Waals surface area contributed by atoms with Crippen molar-refractivity contribution < 1.29 is 18.7 Å². The number of carbonyl (C=O) groups excluding carboxylic acids is 1. The topological polar surface area (TPSA) is 72.7 Å². The number of fused-ring (bicyclic) bond motifs is 3. The Balaban J connectivity index is 1.36. The molecule has 0 radical (unpaired) electrons. The molecule has 0 spiro atoms. The van der Waals surface area contributed by atoms with E-state index < -0.39 is 0 Å². The molecule has 2 aliphatic heterocycles. The van der Waals surface area contributed by atoms with E-state index in [1.165, 1.54) is 0 Å². The van der Waals surface area contributed by atoms with Crippen LogP contribution in [0.2, 0.25) is 0 Å². The highest BCUT2D eigenvalue weighted by molar-refractivity contribution is 5.83. The van der Waals surface area contributed by atoms with Gasteiger partial charge in [-0.3, -0.25) is 0 Å². The highest BCUT2D eigenvalue weighted by Crippen LogP contribution is 2.34. The van der Waals surface area contributed by atoms with Crippen LogP contribution >= 0.6 is 0 Å². The monoisotopic (exact) mass is 316 g/mol. The lowest BCUT2D eigenvalue weighted by atomic mass is 9.96. The number of rotatable bonds is 4. The molecule has 1 aromatic heterocycles. The molecule has 0 saturated carbocycles. The second-order valence-electron chi connectivity index (χ2n) is 6.13. The fraction of sp³-hybridized carbons (Fsp3) is 0.471. The summed E-state index contributed by atoms with van der Waals surface area (Å²) in [6.07, 6.45) is 3.58. The van der Waals surface area contributed by atoms with E-state index in [-0.39, 0.29) is 18.2 Å². The van der Waals surface area contributed by atoms with Gasteiger partial charge in [-0.25, -0.2) is 4.79 Å². The Bertz CT molecular complexity index is 726. The van der Waals surface area contributed by atoms with Gasteiger partial charge in [0.05, 0.1) is 31.9 Å². The first kappa shape index (κ1) is 14.4. The van der Waals surface area contributed by atoms with Crippen LogP contribution in [0.15, 0.2) is 28.7 Å². The molecule has 3 unspecified atom stereocenters. The SMILES string of the molecule is COc1cccc2cc(CNC(=O)NC3CC4CCC3O4)oc12. The van der Waals surface area contributed by atoms with Crippen molar-refractivity contribution >= 4 is 17.0 Å². The first-order valence-electron chi connectivity index (χ1n) is 7.98.